The van der Waals surface area contributed by atoms with Crippen molar-refractivity contribution in [1.82, 2.24) is 5.32 Å². The number of carbonyl (C=O) groups excluding carboxylic acids is 4. The first-order valence-electron chi connectivity index (χ1n) is 9.04. The SMILES string of the molecule is Nc1c(C(=O)OCC(=O)NCc2cccs2)ccc2c1C(=O)c1ccccc1C2=O. The predicted octanol–water partition coefficient (Wildman–Crippen LogP) is 2.58. The van der Waals surface area contributed by atoms with E-state index in [2.05, 4.69) is 5.32 Å². The number of ketones is 2. The van der Waals surface area contributed by atoms with Gasteiger partial charge in [-0.1, -0.05) is 30.3 Å². The monoisotopic (exact) mass is 420 g/mol. The first-order valence-corrected chi connectivity index (χ1v) is 9.92. The molecule has 0 radical (unpaired) electrons. The molecule has 0 saturated carbocycles. The van der Waals surface area contributed by atoms with Crippen LogP contribution in [0.25, 0.3) is 0 Å². The van der Waals surface area contributed by atoms with Crippen molar-refractivity contribution in [1.29, 1.82) is 0 Å². The third-order valence-electron chi connectivity index (χ3n) is 4.73. The fraction of sp³-hybridized carbons (Fsp3) is 0.0909. The third kappa shape index (κ3) is 3.48. The van der Waals surface area contributed by atoms with Crippen LogP contribution in [0.5, 0.6) is 0 Å². The highest BCUT2D eigenvalue weighted by Crippen LogP contribution is 2.32. The van der Waals surface area contributed by atoms with Crippen LogP contribution in [0.1, 0.15) is 47.1 Å². The molecule has 8 heteroatoms. The van der Waals surface area contributed by atoms with Gasteiger partial charge in [-0.15, -0.1) is 11.3 Å². The maximum atomic E-state index is 12.9. The first-order chi connectivity index (χ1) is 14.5. The highest BCUT2D eigenvalue weighted by Gasteiger charge is 2.33. The van der Waals surface area contributed by atoms with E-state index in [9.17, 15) is 19.2 Å². The number of anilines is 1. The third-order valence-corrected chi connectivity index (χ3v) is 5.60. The van der Waals surface area contributed by atoms with Gasteiger partial charge in [-0.05, 0) is 23.6 Å². The second-order valence-corrected chi connectivity index (χ2v) is 7.62. The van der Waals surface area contributed by atoms with Crippen LogP contribution in [0.15, 0.2) is 53.9 Å². The van der Waals surface area contributed by atoms with Crippen LogP contribution >= 0.6 is 11.3 Å². The van der Waals surface area contributed by atoms with Gasteiger partial charge in [0.25, 0.3) is 5.91 Å². The summed E-state index contributed by atoms with van der Waals surface area (Å²) in [6.07, 6.45) is 0. The van der Waals surface area contributed by atoms with Gasteiger partial charge in [0.05, 0.1) is 23.4 Å². The molecule has 3 N–H and O–H groups in total. The van der Waals surface area contributed by atoms with Crippen LogP contribution in [0, 0.1) is 0 Å². The summed E-state index contributed by atoms with van der Waals surface area (Å²) in [6, 6.07) is 12.9. The van der Waals surface area contributed by atoms with Crippen molar-refractivity contribution in [3.8, 4) is 0 Å². The molecule has 1 aliphatic rings. The maximum Gasteiger partial charge on any atom is 0.340 e. The topological polar surface area (TPSA) is 116 Å². The number of nitrogen functional groups attached to an aromatic ring is 1. The van der Waals surface area contributed by atoms with Crippen molar-refractivity contribution in [3.63, 3.8) is 0 Å². The molecule has 1 amide bonds. The smallest absolute Gasteiger partial charge is 0.340 e. The summed E-state index contributed by atoms with van der Waals surface area (Å²) >= 11 is 1.50. The van der Waals surface area contributed by atoms with Crippen molar-refractivity contribution >= 4 is 40.5 Å². The number of rotatable bonds is 5. The molecule has 1 aliphatic carbocycles. The van der Waals surface area contributed by atoms with Crippen molar-refractivity contribution in [2.45, 2.75) is 6.54 Å². The highest BCUT2D eigenvalue weighted by atomic mass is 32.1. The Morgan fingerprint density at radius 3 is 2.37 bits per heavy atom. The minimum Gasteiger partial charge on any atom is -0.452 e. The van der Waals surface area contributed by atoms with Crippen LogP contribution in [0.4, 0.5) is 5.69 Å². The van der Waals surface area contributed by atoms with E-state index in [1.807, 2.05) is 17.5 Å². The van der Waals surface area contributed by atoms with Crippen LogP contribution in [-0.4, -0.2) is 30.0 Å². The summed E-state index contributed by atoms with van der Waals surface area (Å²) < 4.78 is 5.04. The molecule has 0 unspecified atom stereocenters. The van der Waals surface area contributed by atoms with E-state index in [-0.39, 0.29) is 33.7 Å². The first kappa shape index (κ1) is 19.5. The van der Waals surface area contributed by atoms with E-state index < -0.39 is 24.3 Å². The molecular weight excluding hydrogens is 404 g/mol. The Morgan fingerprint density at radius 1 is 0.933 bits per heavy atom. The zero-order chi connectivity index (χ0) is 21.3. The number of fused-ring (bicyclic) bond motifs is 2. The van der Waals surface area contributed by atoms with Crippen LogP contribution in [0.2, 0.25) is 0 Å². The molecular formula is C22H16N2O5S. The highest BCUT2D eigenvalue weighted by molar-refractivity contribution is 7.09. The lowest BCUT2D eigenvalue weighted by molar-refractivity contribution is -0.124. The molecule has 0 fully saturated rings. The zero-order valence-corrected chi connectivity index (χ0v) is 16.5. The number of thiophene rings is 1. The lowest BCUT2D eigenvalue weighted by Gasteiger charge is -2.20. The molecule has 0 atom stereocenters. The largest absolute Gasteiger partial charge is 0.452 e. The Hall–Kier alpha value is -3.78. The Morgan fingerprint density at radius 2 is 1.67 bits per heavy atom. The van der Waals surface area contributed by atoms with E-state index in [1.165, 1.54) is 23.5 Å². The summed E-state index contributed by atoms with van der Waals surface area (Å²) in [4.78, 5) is 50.9. The van der Waals surface area contributed by atoms with Gasteiger partial charge in [-0.25, -0.2) is 4.79 Å². The number of benzene rings is 2. The summed E-state index contributed by atoms with van der Waals surface area (Å²) in [5.41, 5.74) is 6.52. The molecule has 1 heterocycles. The minimum atomic E-state index is -0.847. The number of amides is 1. The van der Waals surface area contributed by atoms with Crippen LogP contribution in [-0.2, 0) is 16.1 Å². The van der Waals surface area contributed by atoms with E-state index >= 15 is 0 Å². The van der Waals surface area contributed by atoms with Crippen LogP contribution < -0.4 is 11.1 Å². The van der Waals surface area contributed by atoms with E-state index in [4.69, 9.17) is 10.5 Å². The fourth-order valence-electron chi connectivity index (χ4n) is 3.25. The summed E-state index contributed by atoms with van der Waals surface area (Å²) in [5.74, 6) is -2.07. The number of esters is 1. The quantitative estimate of drug-likeness (QED) is 0.379. The number of ether oxygens (including phenoxy) is 1. The van der Waals surface area contributed by atoms with Crippen molar-refractivity contribution in [2.24, 2.45) is 0 Å². The molecule has 0 spiro atoms. The van der Waals surface area contributed by atoms with Crippen LogP contribution in [0.3, 0.4) is 0 Å². The molecule has 30 heavy (non-hydrogen) atoms. The average Bonchev–Trinajstić information content (AvgIpc) is 3.28. The molecule has 4 rings (SSSR count). The van der Waals surface area contributed by atoms with Gasteiger partial charge >= 0.3 is 5.97 Å². The Kier molecular flexibility index (Phi) is 5.16. The summed E-state index contributed by atoms with van der Waals surface area (Å²) in [7, 11) is 0. The second-order valence-electron chi connectivity index (χ2n) is 6.59. The average molecular weight is 420 g/mol. The van der Waals surface area contributed by atoms with E-state index in [0.29, 0.717) is 12.1 Å². The number of hydrogen-bond acceptors (Lipinski definition) is 7. The molecule has 7 nitrogen and oxygen atoms in total. The van der Waals surface area contributed by atoms with Crippen molar-refractivity contribution in [2.75, 3.05) is 12.3 Å². The molecule has 0 saturated heterocycles. The normalized spacial score (nSPS) is 12.1. The van der Waals surface area contributed by atoms with Gasteiger partial charge in [0, 0.05) is 21.6 Å². The number of nitrogens with two attached hydrogens (primary N) is 1. The van der Waals surface area contributed by atoms with Crippen molar-refractivity contribution < 1.29 is 23.9 Å². The standard InChI is InChI=1S/C22H16N2O5S/c23-19-16(22(28)29-11-17(25)24-10-12-4-3-9-30-12)8-7-15-18(19)21(27)14-6-2-1-5-13(14)20(15)26/h1-9H,10-11,23H2,(H,24,25). The van der Waals surface area contributed by atoms with Gasteiger partial charge in [0.1, 0.15) is 0 Å². The van der Waals surface area contributed by atoms with Crippen molar-refractivity contribution in [3.05, 3.63) is 86.6 Å². The zero-order valence-electron chi connectivity index (χ0n) is 15.6. The van der Waals surface area contributed by atoms with Gasteiger partial charge in [0.2, 0.25) is 0 Å². The summed E-state index contributed by atoms with van der Waals surface area (Å²) in [5, 5.41) is 4.54. The van der Waals surface area contributed by atoms with E-state index in [0.717, 1.165) is 4.88 Å². The predicted molar refractivity (Wildman–Crippen MR) is 111 cm³/mol. The number of hydrogen-bond donors (Lipinski definition) is 2. The Balaban J connectivity index is 1.50. The molecule has 3 aromatic rings. The fourth-order valence-corrected chi connectivity index (χ4v) is 3.89. The van der Waals surface area contributed by atoms with Gasteiger partial charge in [-0.2, -0.15) is 0 Å². The number of nitrogens with one attached hydrogen (secondary N) is 1. The molecule has 150 valence electrons. The molecule has 0 aliphatic heterocycles. The number of carbonyl (C=O) groups is 4. The maximum absolute atomic E-state index is 12.9. The lowest BCUT2D eigenvalue weighted by Crippen LogP contribution is -2.28. The van der Waals surface area contributed by atoms with Gasteiger partial charge in [-0.3, -0.25) is 14.4 Å². The Labute approximate surface area is 175 Å². The van der Waals surface area contributed by atoms with Gasteiger partial charge < -0.3 is 15.8 Å². The minimum absolute atomic E-state index is 0.0182. The molecule has 0 bridgehead atoms. The van der Waals surface area contributed by atoms with Gasteiger partial charge in [0.15, 0.2) is 18.2 Å². The second kappa shape index (κ2) is 7.92. The molecule has 1 aromatic heterocycles. The Bertz CT molecular complexity index is 1180. The summed E-state index contributed by atoms with van der Waals surface area (Å²) in [6.45, 7) is -0.151. The molecule has 2 aromatic carbocycles. The van der Waals surface area contributed by atoms with E-state index in [1.54, 1.807) is 24.3 Å². The lowest BCUT2D eigenvalue weighted by atomic mass is 9.82.